The lowest BCUT2D eigenvalue weighted by Crippen LogP contribution is -2.57. The van der Waals surface area contributed by atoms with Gasteiger partial charge in [0.25, 0.3) is 0 Å². The number of carbonyl (C=O) groups is 1. The molecule has 4 atom stereocenters. The molecule has 0 heterocycles. The van der Waals surface area contributed by atoms with Gasteiger partial charge in [0.15, 0.2) is 0 Å². The fraction of sp³-hybridized carbons (Fsp3) is 0.923. The summed E-state index contributed by atoms with van der Waals surface area (Å²) >= 11 is 0. The molecule has 92 valence electrons. The van der Waals surface area contributed by atoms with E-state index in [1.165, 1.54) is 6.42 Å². The third kappa shape index (κ3) is 1.70. The molecule has 0 saturated heterocycles. The average molecular weight is 226 g/mol. The molecule has 3 fully saturated rings. The molecule has 2 bridgehead atoms. The predicted octanol–water partition coefficient (Wildman–Crippen LogP) is 3.23. The summed E-state index contributed by atoms with van der Waals surface area (Å²) in [7, 11) is 0. The van der Waals surface area contributed by atoms with E-state index in [1.54, 1.807) is 6.92 Å². The summed E-state index contributed by atoms with van der Waals surface area (Å²) in [6.45, 7) is 9.06. The molecule has 0 spiro atoms. The van der Waals surface area contributed by atoms with E-state index >= 15 is 0 Å². The van der Waals surface area contributed by atoms with E-state index in [-0.39, 0.29) is 6.10 Å². The molecule has 3 saturated carbocycles. The Labute approximate surface area is 97.5 Å². The Kier molecular flexibility index (Phi) is 2.89. The van der Waals surface area contributed by atoms with E-state index in [9.17, 15) is 4.79 Å². The molecule has 0 amide bonds. The average Bonchev–Trinajstić information content (AvgIpc) is 2.20. The number of carbonyl (C=O) groups excluding carboxylic acids is 1. The van der Waals surface area contributed by atoms with Crippen LogP contribution in [0.5, 0.6) is 0 Å². The van der Waals surface area contributed by atoms with Gasteiger partial charge >= 0.3 is 6.16 Å². The van der Waals surface area contributed by atoms with E-state index in [2.05, 4.69) is 20.8 Å². The monoisotopic (exact) mass is 226 g/mol. The summed E-state index contributed by atoms with van der Waals surface area (Å²) in [4.78, 5) is 11.3. The van der Waals surface area contributed by atoms with Gasteiger partial charge in [0.05, 0.1) is 6.61 Å². The molecule has 3 heteroatoms. The molecule has 0 aromatic rings. The molecule has 3 nitrogen and oxygen atoms in total. The Morgan fingerprint density at radius 2 is 2.06 bits per heavy atom. The van der Waals surface area contributed by atoms with Gasteiger partial charge in [-0.2, -0.15) is 0 Å². The minimum Gasteiger partial charge on any atom is -0.435 e. The van der Waals surface area contributed by atoms with Crippen LogP contribution in [0.1, 0.15) is 40.5 Å². The van der Waals surface area contributed by atoms with Crippen molar-refractivity contribution in [2.24, 2.45) is 23.2 Å². The van der Waals surface area contributed by atoms with Crippen molar-refractivity contribution in [3.05, 3.63) is 0 Å². The summed E-state index contributed by atoms with van der Waals surface area (Å²) in [5.41, 5.74) is 0.438. The number of fused-ring (bicyclic) bond motifs is 2. The Morgan fingerprint density at radius 3 is 2.56 bits per heavy atom. The van der Waals surface area contributed by atoms with Crippen LogP contribution in [-0.2, 0) is 9.47 Å². The Bertz CT molecular complexity index is 285. The van der Waals surface area contributed by atoms with Crippen molar-refractivity contribution in [2.45, 2.75) is 46.6 Å². The predicted molar refractivity (Wildman–Crippen MR) is 61.1 cm³/mol. The van der Waals surface area contributed by atoms with Gasteiger partial charge in [-0.05, 0) is 42.9 Å². The van der Waals surface area contributed by atoms with E-state index in [0.29, 0.717) is 29.8 Å². The van der Waals surface area contributed by atoms with E-state index < -0.39 is 6.16 Å². The highest BCUT2D eigenvalue weighted by Crippen LogP contribution is 2.61. The van der Waals surface area contributed by atoms with Gasteiger partial charge in [-0.15, -0.1) is 0 Å². The smallest absolute Gasteiger partial charge is 0.435 e. The minimum atomic E-state index is -0.501. The van der Waals surface area contributed by atoms with E-state index in [1.807, 2.05) is 0 Å². The number of ether oxygens (including phenoxy) is 2. The first-order valence-corrected chi connectivity index (χ1v) is 6.30. The molecular formula is C13H22O3. The van der Waals surface area contributed by atoms with Crippen molar-refractivity contribution in [3.63, 3.8) is 0 Å². The van der Waals surface area contributed by atoms with Gasteiger partial charge in [0, 0.05) is 0 Å². The van der Waals surface area contributed by atoms with Gasteiger partial charge in [0.2, 0.25) is 0 Å². The van der Waals surface area contributed by atoms with Crippen LogP contribution in [0.4, 0.5) is 4.79 Å². The largest absolute Gasteiger partial charge is 0.508 e. The van der Waals surface area contributed by atoms with Crippen LogP contribution in [0.25, 0.3) is 0 Å². The van der Waals surface area contributed by atoms with Crippen LogP contribution in [0.2, 0.25) is 0 Å². The maximum atomic E-state index is 11.3. The van der Waals surface area contributed by atoms with Gasteiger partial charge in [-0.3, -0.25) is 0 Å². The van der Waals surface area contributed by atoms with Crippen LogP contribution in [-0.4, -0.2) is 18.9 Å². The fourth-order valence-electron chi connectivity index (χ4n) is 3.53. The Morgan fingerprint density at radius 1 is 1.38 bits per heavy atom. The minimum absolute atomic E-state index is 0.0656. The second-order valence-corrected chi connectivity index (χ2v) is 5.79. The van der Waals surface area contributed by atoms with Crippen LogP contribution in [0, 0.1) is 23.2 Å². The number of hydrogen-bond donors (Lipinski definition) is 0. The molecule has 16 heavy (non-hydrogen) atoms. The lowest BCUT2D eigenvalue weighted by molar-refractivity contribution is -0.161. The summed E-state index contributed by atoms with van der Waals surface area (Å²) in [5.74, 6) is 1.88. The van der Waals surface area contributed by atoms with Gasteiger partial charge in [-0.25, -0.2) is 4.79 Å². The molecule has 3 aliphatic carbocycles. The molecule has 3 aliphatic rings. The van der Waals surface area contributed by atoms with E-state index in [0.717, 1.165) is 6.42 Å². The maximum Gasteiger partial charge on any atom is 0.508 e. The second-order valence-electron chi connectivity index (χ2n) is 5.79. The molecule has 0 radical (unpaired) electrons. The molecule has 4 unspecified atom stereocenters. The molecular weight excluding hydrogens is 204 g/mol. The zero-order valence-corrected chi connectivity index (χ0v) is 10.7. The third-order valence-electron chi connectivity index (χ3n) is 4.79. The summed E-state index contributed by atoms with van der Waals surface area (Å²) in [6.07, 6.45) is 1.87. The third-order valence-corrected chi connectivity index (χ3v) is 4.79. The molecule has 0 aromatic heterocycles. The standard InChI is InChI=1S/C13H22O3/c1-5-15-12(14)16-11-7-9-6-10(8(11)2)13(9,3)4/h8-11H,5-7H2,1-4H3. The fourth-order valence-corrected chi connectivity index (χ4v) is 3.53. The zero-order valence-electron chi connectivity index (χ0n) is 10.7. The highest BCUT2D eigenvalue weighted by Gasteiger charge is 2.57. The lowest BCUT2D eigenvalue weighted by atomic mass is 9.45. The highest BCUT2D eigenvalue weighted by atomic mass is 16.7. The van der Waals surface area contributed by atoms with Crippen molar-refractivity contribution >= 4 is 6.16 Å². The second kappa shape index (κ2) is 3.94. The number of rotatable bonds is 2. The molecule has 0 aromatic carbocycles. The SMILES string of the molecule is CCOC(=O)OC1CC2CC(C1C)C2(C)C. The van der Waals surface area contributed by atoms with Crippen LogP contribution in [0.15, 0.2) is 0 Å². The van der Waals surface area contributed by atoms with Crippen LogP contribution < -0.4 is 0 Å². The van der Waals surface area contributed by atoms with Crippen molar-refractivity contribution in [3.8, 4) is 0 Å². The molecule has 0 N–H and O–H groups in total. The van der Waals surface area contributed by atoms with Crippen molar-refractivity contribution in [1.82, 2.24) is 0 Å². The van der Waals surface area contributed by atoms with E-state index in [4.69, 9.17) is 9.47 Å². The first-order chi connectivity index (χ1) is 7.46. The first-order valence-electron chi connectivity index (χ1n) is 6.30. The summed E-state index contributed by atoms with van der Waals surface area (Å²) < 4.78 is 10.2. The maximum absolute atomic E-state index is 11.3. The first kappa shape index (κ1) is 11.7. The van der Waals surface area contributed by atoms with Gasteiger partial charge in [-0.1, -0.05) is 20.8 Å². The molecule has 3 rings (SSSR count). The normalized spacial score (nSPS) is 39.8. The summed E-state index contributed by atoms with van der Waals surface area (Å²) in [5, 5.41) is 0. The Balaban J connectivity index is 1.93. The van der Waals surface area contributed by atoms with Crippen LogP contribution >= 0.6 is 0 Å². The Hall–Kier alpha value is -0.730. The van der Waals surface area contributed by atoms with Crippen LogP contribution in [0.3, 0.4) is 0 Å². The van der Waals surface area contributed by atoms with Crippen molar-refractivity contribution in [2.75, 3.05) is 6.61 Å². The molecule has 0 aliphatic heterocycles. The highest BCUT2D eigenvalue weighted by molar-refractivity contribution is 5.60. The topological polar surface area (TPSA) is 35.5 Å². The zero-order chi connectivity index (χ0) is 11.9. The van der Waals surface area contributed by atoms with Gasteiger partial charge < -0.3 is 9.47 Å². The lowest BCUT2D eigenvalue weighted by Gasteiger charge is -2.61. The van der Waals surface area contributed by atoms with Crippen molar-refractivity contribution < 1.29 is 14.3 Å². The summed E-state index contributed by atoms with van der Waals surface area (Å²) in [6, 6.07) is 0. The van der Waals surface area contributed by atoms with Crippen molar-refractivity contribution in [1.29, 1.82) is 0 Å². The number of hydrogen-bond acceptors (Lipinski definition) is 3. The van der Waals surface area contributed by atoms with Gasteiger partial charge in [0.1, 0.15) is 6.10 Å². The quantitative estimate of drug-likeness (QED) is 0.678.